The maximum atomic E-state index is 12.5. The Morgan fingerprint density at radius 1 is 1.23 bits per heavy atom. The molecule has 2 aliphatic heterocycles. The van der Waals surface area contributed by atoms with Crippen LogP contribution in [0.5, 0.6) is 0 Å². The Morgan fingerprint density at radius 2 is 1.96 bits per heavy atom. The van der Waals surface area contributed by atoms with Crippen molar-refractivity contribution in [2.45, 2.75) is 38.6 Å². The Bertz CT molecular complexity index is 570. The van der Waals surface area contributed by atoms with Gasteiger partial charge in [-0.25, -0.2) is 0 Å². The van der Waals surface area contributed by atoms with Crippen LogP contribution in [0.3, 0.4) is 0 Å². The number of thiophene rings is 1. The van der Waals surface area contributed by atoms with Gasteiger partial charge in [0.15, 0.2) is 0 Å². The topological polar surface area (TPSA) is 26.8 Å². The third kappa shape index (κ3) is 5.41. The zero-order valence-electron chi connectivity index (χ0n) is 16.3. The lowest BCUT2D eigenvalue weighted by Crippen LogP contribution is -2.48. The highest BCUT2D eigenvalue weighted by Crippen LogP contribution is 2.24. The molecule has 0 spiro atoms. The third-order valence-electron chi connectivity index (χ3n) is 5.96. The van der Waals surface area contributed by atoms with Crippen LogP contribution in [0.1, 0.15) is 37.5 Å². The van der Waals surface area contributed by atoms with Crippen molar-refractivity contribution >= 4 is 23.3 Å². The molecule has 5 heteroatoms. The fourth-order valence-corrected chi connectivity index (χ4v) is 4.81. The molecule has 0 saturated carbocycles. The van der Waals surface area contributed by atoms with Gasteiger partial charge in [0, 0.05) is 30.1 Å². The van der Waals surface area contributed by atoms with Gasteiger partial charge >= 0.3 is 0 Å². The first kappa shape index (κ1) is 19.6. The highest BCUT2D eigenvalue weighted by Gasteiger charge is 2.28. The van der Waals surface area contributed by atoms with Crippen LogP contribution in [0.15, 0.2) is 23.6 Å². The maximum absolute atomic E-state index is 12.5. The minimum atomic E-state index is 0.152. The van der Waals surface area contributed by atoms with Gasteiger partial charge in [0.1, 0.15) is 0 Å². The van der Waals surface area contributed by atoms with Gasteiger partial charge in [-0.1, -0.05) is 6.07 Å². The van der Waals surface area contributed by atoms with E-state index in [0.29, 0.717) is 5.92 Å². The SMILES string of the molecule is CCN(CC1CCN(C2CCN(C)CC2)CC1)C(=O)/C=C/c1cccs1. The van der Waals surface area contributed by atoms with Gasteiger partial charge in [-0.3, -0.25) is 4.79 Å². The Labute approximate surface area is 162 Å². The first-order valence-corrected chi connectivity index (χ1v) is 11.0. The Hall–Kier alpha value is -1.17. The number of rotatable bonds is 6. The lowest BCUT2D eigenvalue weighted by atomic mass is 9.93. The molecule has 2 fully saturated rings. The summed E-state index contributed by atoms with van der Waals surface area (Å²) in [4.78, 5) is 20.8. The summed E-state index contributed by atoms with van der Waals surface area (Å²) in [5, 5.41) is 2.04. The average Bonchev–Trinajstić information content (AvgIpc) is 3.19. The van der Waals surface area contributed by atoms with Crippen LogP contribution >= 0.6 is 11.3 Å². The molecule has 0 aromatic carbocycles. The summed E-state index contributed by atoms with van der Waals surface area (Å²) in [6.07, 6.45) is 8.76. The molecule has 1 aromatic heterocycles. The molecule has 0 N–H and O–H groups in total. The van der Waals surface area contributed by atoms with Gasteiger partial charge < -0.3 is 14.7 Å². The number of likely N-dealkylation sites (N-methyl/N-ethyl adjacent to an activating group) is 1. The molecule has 0 unspecified atom stereocenters. The minimum absolute atomic E-state index is 0.152. The van der Waals surface area contributed by atoms with Crippen molar-refractivity contribution in [2.75, 3.05) is 46.3 Å². The summed E-state index contributed by atoms with van der Waals surface area (Å²) >= 11 is 1.67. The average molecular weight is 376 g/mol. The number of likely N-dealkylation sites (tertiary alicyclic amines) is 2. The zero-order valence-corrected chi connectivity index (χ0v) is 17.1. The monoisotopic (exact) mass is 375 g/mol. The second-order valence-corrected chi connectivity index (χ2v) is 8.72. The van der Waals surface area contributed by atoms with Crippen LogP contribution < -0.4 is 0 Å². The second-order valence-electron chi connectivity index (χ2n) is 7.74. The summed E-state index contributed by atoms with van der Waals surface area (Å²) in [5.74, 6) is 0.801. The fraction of sp³-hybridized carbons (Fsp3) is 0.667. The number of carbonyl (C=O) groups excluding carboxylic acids is 1. The van der Waals surface area contributed by atoms with E-state index < -0.39 is 0 Å². The van der Waals surface area contributed by atoms with Crippen LogP contribution in [0, 0.1) is 5.92 Å². The smallest absolute Gasteiger partial charge is 0.246 e. The molecule has 0 aliphatic carbocycles. The van der Waals surface area contributed by atoms with Gasteiger partial charge in [0.25, 0.3) is 0 Å². The molecular formula is C21H33N3OS. The highest BCUT2D eigenvalue weighted by molar-refractivity contribution is 7.10. The first-order chi connectivity index (χ1) is 12.7. The van der Waals surface area contributed by atoms with E-state index in [-0.39, 0.29) is 5.91 Å². The summed E-state index contributed by atoms with van der Waals surface area (Å²) in [6.45, 7) is 8.67. The Morgan fingerprint density at radius 3 is 2.58 bits per heavy atom. The second kappa shape index (κ2) is 9.67. The summed E-state index contributed by atoms with van der Waals surface area (Å²) in [5.41, 5.74) is 0. The van der Waals surface area contributed by atoms with Crippen molar-refractivity contribution in [1.29, 1.82) is 0 Å². The molecule has 144 valence electrons. The van der Waals surface area contributed by atoms with Crippen LogP contribution in [0.2, 0.25) is 0 Å². The van der Waals surface area contributed by atoms with Crippen molar-refractivity contribution in [3.8, 4) is 0 Å². The van der Waals surface area contributed by atoms with Crippen molar-refractivity contribution in [3.05, 3.63) is 28.5 Å². The van der Waals surface area contributed by atoms with E-state index in [1.165, 1.54) is 51.9 Å². The molecule has 2 aliphatic rings. The van der Waals surface area contributed by atoms with Gasteiger partial charge in [-0.05, 0) is 89.3 Å². The fourth-order valence-electron chi connectivity index (χ4n) is 4.19. The van der Waals surface area contributed by atoms with Gasteiger partial charge in [0.05, 0.1) is 0 Å². The van der Waals surface area contributed by atoms with Crippen molar-refractivity contribution in [1.82, 2.24) is 14.7 Å². The lowest BCUT2D eigenvalue weighted by molar-refractivity contribution is -0.126. The molecular weight excluding hydrogens is 342 g/mol. The molecule has 2 saturated heterocycles. The molecule has 1 amide bonds. The molecule has 3 rings (SSSR count). The number of amides is 1. The summed E-state index contributed by atoms with van der Waals surface area (Å²) in [7, 11) is 2.23. The van der Waals surface area contributed by atoms with Crippen LogP contribution in [-0.2, 0) is 4.79 Å². The van der Waals surface area contributed by atoms with E-state index >= 15 is 0 Å². The normalized spacial score (nSPS) is 21.5. The number of piperidine rings is 2. The molecule has 26 heavy (non-hydrogen) atoms. The van der Waals surface area contributed by atoms with Crippen molar-refractivity contribution in [2.24, 2.45) is 5.92 Å². The largest absolute Gasteiger partial charge is 0.339 e. The van der Waals surface area contributed by atoms with Crippen LogP contribution in [0.4, 0.5) is 0 Å². The number of hydrogen-bond donors (Lipinski definition) is 0. The minimum Gasteiger partial charge on any atom is -0.339 e. The van der Waals surface area contributed by atoms with Crippen molar-refractivity contribution < 1.29 is 4.79 Å². The molecule has 0 atom stereocenters. The van der Waals surface area contributed by atoms with Gasteiger partial charge in [-0.15, -0.1) is 11.3 Å². The zero-order chi connectivity index (χ0) is 18.4. The predicted octanol–water partition coefficient (Wildman–Crippen LogP) is 3.42. The van der Waals surface area contributed by atoms with Gasteiger partial charge in [0.2, 0.25) is 5.91 Å². The van der Waals surface area contributed by atoms with E-state index in [0.717, 1.165) is 24.0 Å². The summed E-state index contributed by atoms with van der Waals surface area (Å²) < 4.78 is 0. The molecule has 4 nitrogen and oxygen atoms in total. The van der Waals surface area contributed by atoms with Crippen LogP contribution in [0.25, 0.3) is 6.08 Å². The standard InChI is InChI=1S/C21H33N3OS/c1-3-23(21(25)7-6-20-5-4-16-26-20)17-18-8-14-24(15-9-18)19-10-12-22(2)13-11-19/h4-7,16,18-19H,3,8-15,17H2,1-2H3/b7-6+. The molecule has 0 radical (unpaired) electrons. The Kier molecular flexibility index (Phi) is 7.29. The summed E-state index contributed by atoms with van der Waals surface area (Å²) in [6, 6.07) is 4.85. The number of hydrogen-bond acceptors (Lipinski definition) is 4. The quantitative estimate of drug-likeness (QED) is 0.713. The van der Waals surface area contributed by atoms with E-state index in [1.807, 2.05) is 28.5 Å². The number of carbonyl (C=O) groups is 1. The van der Waals surface area contributed by atoms with E-state index in [2.05, 4.69) is 23.8 Å². The number of nitrogens with zero attached hydrogens (tertiary/aromatic N) is 3. The van der Waals surface area contributed by atoms with Crippen molar-refractivity contribution in [3.63, 3.8) is 0 Å². The lowest BCUT2D eigenvalue weighted by Gasteiger charge is -2.41. The first-order valence-electron chi connectivity index (χ1n) is 10.1. The third-order valence-corrected chi connectivity index (χ3v) is 6.80. The van der Waals surface area contributed by atoms with E-state index in [1.54, 1.807) is 17.4 Å². The van der Waals surface area contributed by atoms with Crippen LogP contribution in [-0.4, -0.2) is 73.0 Å². The maximum Gasteiger partial charge on any atom is 0.246 e. The Balaban J connectivity index is 1.44. The van der Waals surface area contributed by atoms with Gasteiger partial charge in [-0.2, -0.15) is 0 Å². The van der Waals surface area contributed by atoms with E-state index in [9.17, 15) is 4.79 Å². The molecule has 3 heterocycles. The predicted molar refractivity (Wildman–Crippen MR) is 110 cm³/mol. The molecule has 0 bridgehead atoms. The molecule has 1 aromatic rings. The highest BCUT2D eigenvalue weighted by atomic mass is 32.1. The van der Waals surface area contributed by atoms with E-state index in [4.69, 9.17) is 0 Å².